The lowest BCUT2D eigenvalue weighted by Crippen LogP contribution is -2.22. The van der Waals surface area contributed by atoms with Crippen molar-refractivity contribution in [2.75, 3.05) is 17.7 Å². The first-order valence-corrected chi connectivity index (χ1v) is 11.5. The van der Waals surface area contributed by atoms with Crippen LogP contribution in [0.25, 0.3) is 10.2 Å². The van der Waals surface area contributed by atoms with Crippen LogP contribution >= 0.6 is 34.4 Å². The van der Waals surface area contributed by atoms with Crippen LogP contribution in [-0.4, -0.2) is 33.4 Å². The van der Waals surface area contributed by atoms with Gasteiger partial charge in [-0.25, -0.2) is 4.98 Å². The summed E-state index contributed by atoms with van der Waals surface area (Å²) in [6.45, 7) is 1.86. The van der Waals surface area contributed by atoms with Gasteiger partial charge in [0.05, 0.1) is 20.5 Å². The molecule has 0 spiro atoms. The van der Waals surface area contributed by atoms with Crippen molar-refractivity contribution in [2.45, 2.75) is 22.9 Å². The lowest BCUT2D eigenvalue weighted by Gasteiger charge is -2.10. The van der Waals surface area contributed by atoms with E-state index in [-0.39, 0.29) is 11.2 Å². The topological polar surface area (TPSA) is 79.8 Å². The summed E-state index contributed by atoms with van der Waals surface area (Å²) in [6, 6.07) is 16.1. The molecule has 2 N–H and O–H groups in total. The molecule has 0 aliphatic rings. The van der Waals surface area contributed by atoms with Crippen LogP contribution in [0.4, 0.5) is 10.8 Å². The number of anilines is 2. The number of aromatic nitrogens is 3. The summed E-state index contributed by atoms with van der Waals surface area (Å²) in [7, 11) is 1.80. The van der Waals surface area contributed by atoms with Crippen molar-refractivity contribution in [2.24, 2.45) is 0 Å². The molecule has 0 bridgehead atoms. The number of thiazole rings is 1. The first kappa shape index (κ1) is 19.8. The smallest absolute Gasteiger partial charge is 0.237 e. The van der Waals surface area contributed by atoms with Gasteiger partial charge in [-0.15, -0.1) is 21.5 Å². The van der Waals surface area contributed by atoms with Gasteiger partial charge in [-0.3, -0.25) is 4.79 Å². The highest BCUT2D eigenvalue weighted by Crippen LogP contribution is 2.29. The molecular formula is C20H19N5OS3. The Kier molecular flexibility index (Phi) is 6.08. The number of rotatable bonds is 7. The Bertz CT molecular complexity index is 1090. The summed E-state index contributed by atoms with van der Waals surface area (Å²) < 4.78 is 1.97. The molecule has 0 saturated carbocycles. The first-order valence-electron chi connectivity index (χ1n) is 9.03. The van der Waals surface area contributed by atoms with Crippen LogP contribution in [0.3, 0.4) is 0 Å². The Labute approximate surface area is 180 Å². The van der Waals surface area contributed by atoms with Crippen molar-refractivity contribution in [1.82, 2.24) is 15.2 Å². The second-order valence-electron chi connectivity index (χ2n) is 6.32. The number of para-hydroxylation sites is 1. The Balaban J connectivity index is 1.35. The summed E-state index contributed by atoms with van der Waals surface area (Å²) in [4.78, 5) is 17.2. The summed E-state index contributed by atoms with van der Waals surface area (Å²) in [5.74, 6) is -0.0601. The molecule has 0 fully saturated rings. The number of nitrogens with zero attached hydrogens (tertiary/aromatic N) is 3. The van der Waals surface area contributed by atoms with E-state index in [1.807, 2.05) is 49.4 Å². The van der Waals surface area contributed by atoms with Gasteiger partial charge < -0.3 is 10.6 Å². The van der Waals surface area contributed by atoms with Crippen molar-refractivity contribution >= 4 is 61.4 Å². The molecule has 1 atom stereocenters. The largest absolute Gasteiger partial charge is 0.363 e. The second-order valence-corrected chi connectivity index (χ2v) is 10.0. The van der Waals surface area contributed by atoms with E-state index in [1.54, 1.807) is 18.4 Å². The van der Waals surface area contributed by atoms with Crippen molar-refractivity contribution in [1.29, 1.82) is 0 Å². The van der Waals surface area contributed by atoms with Crippen LogP contribution in [0, 0.1) is 0 Å². The number of thioether (sulfide) groups is 1. The van der Waals surface area contributed by atoms with E-state index in [4.69, 9.17) is 0 Å². The molecule has 4 rings (SSSR count). The van der Waals surface area contributed by atoms with E-state index in [9.17, 15) is 4.79 Å². The molecule has 0 unspecified atom stereocenters. The molecule has 148 valence electrons. The fraction of sp³-hybridized carbons (Fsp3) is 0.200. The van der Waals surface area contributed by atoms with Crippen molar-refractivity contribution in [3.8, 4) is 0 Å². The van der Waals surface area contributed by atoms with Crippen LogP contribution in [0.2, 0.25) is 0 Å². The molecule has 2 heterocycles. The highest BCUT2D eigenvalue weighted by Gasteiger charge is 2.17. The van der Waals surface area contributed by atoms with Crippen LogP contribution < -0.4 is 10.6 Å². The van der Waals surface area contributed by atoms with Crippen molar-refractivity contribution in [3.63, 3.8) is 0 Å². The van der Waals surface area contributed by atoms with Crippen molar-refractivity contribution < 1.29 is 4.79 Å². The van der Waals surface area contributed by atoms with Gasteiger partial charge >= 0.3 is 0 Å². The number of fused-ring (bicyclic) bond motifs is 1. The molecule has 0 saturated heterocycles. The van der Waals surface area contributed by atoms with E-state index < -0.39 is 0 Å². The highest BCUT2D eigenvalue weighted by atomic mass is 32.2. The van der Waals surface area contributed by atoms with Crippen LogP contribution in [0.5, 0.6) is 0 Å². The zero-order chi connectivity index (χ0) is 20.2. The predicted octanol–water partition coefficient (Wildman–Crippen LogP) is 4.90. The number of hydrogen-bond donors (Lipinski definition) is 2. The molecule has 9 heteroatoms. The van der Waals surface area contributed by atoms with Gasteiger partial charge in [0, 0.05) is 19.2 Å². The van der Waals surface area contributed by atoms with E-state index in [2.05, 4.69) is 31.9 Å². The third kappa shape index (κ3) is 4.92. The maximum absolute atomic E-state index is 12.5. The first-order chi connectivity index (χ1) is 14.1. The zero-order valence-electron chi connectivity index (χ0n) is 15.9. The van der Waals surface area contributed by atoms with Gasteiger partial charge in [-0.05, 0) is 36.8 Å². The minimum atomic E-state index is -0.268. The van der Waals surface area contributed by atoms with E-state index in [0.29, 0.717) is 0 Å². The average molecular weight is 442 g/mol. The molecule has 2 aromatic heterocycles. The molecule has 4 aromatic rings. The number of amides is 1. The van der Waals surface area contributed by atoms with Gasteiger partial charge in [-0.1, -0.05) is 47.4 Å². The van der Waals surface area contributed by atoms with Crippen molar-refractivity contribution in [3.05, 3.63) is 59.1 Å². The monoisotopic (exact) mass is 441 g/mol. The van der Waals surface area contributed by atoms with Gasteiger partial charge in [0.1, 0.15) is 0 Å². The summed E-state index contributed by atoms with van der Waals surface area (Å²) in [5, 5.41) is 15.5. The molecule has 29 heavy (non-hydrogen) atoms. The Morgan fingerprint density at radius 2 is 1.90 bits per heavy atom. The quantitative estimate of drug-likeness (QED) is 0.397. The Hall–Kier alpha value is -2.49. The zero-order valence-corrected chi connectivity index (χ0v) is 18.3. The average Bonchev–Trinajstić information content (AvgIpc) is 3.35. The number of nitrogens with one attached hydrogen (secondary N) is 2. The number of carbonyl (C=O) groups is 1. The normalized spacial score (nSPS) is 12.1. The lowest BCUT2D eigenvalue weighted by atomic mass is 10.1. The van der Waals surface area contributed by atoms with Crippen LogP contribution in [-0.2, 0) is 11.2 Å². The molecule has 0 radical (unpaired) electrons. The molecule has 0 aliphatic carbocycles. The molecule has 0 aliphatic heterocycles. The number of carbonyl (C=O) groups excluding carboxylic acids is 1. The minimum absolute atomic E-state index is 0.0601. The maximum atomic E-state index is 12.5. The van der Waals surface area contributed by atoms with Gasteiger partial charge in [-0.2, -0.15) is 0 Å². The third-order valence-corrected chi connectivity index (χ3v) is 7.34. The number of benzene rings is 2. The predicted molar refractivity (Wildman–Crippen MR) is 122 cm³/mol. The minimum Gasteiger partial charge on any atom is -0.363 e. The third-order valence-electron chi connectivity index (χ3n) is 4.18. The summed E-state index contributed by atoms with van der Waals surface area (Å²) in [6.07, 6.45) is 0.782. The lowest BCUT2D eigenvalue weighted by molar-refractivity contribution is -0.115. The van der Waals surface area contributed by atoms with Gasteiger partial charge in [0.25, 0.3) is 0 Å². The fourth-order valence-electron chi connectivity index (χ4n) is 2.68. The van der Waals surface area contributed by atoms with Crippen LogP contribution in [0.15, 0.2) is 52.9 Å². The summed E-state index contributed by atoms with van der Waals surface area (Å²) in [5.41, 5.74) is 2.99. The van der Waals surface area contributed by atoms with E-state index >= 15 is 0 Å². The molecule has 2 aromatic carbocycles. The SMILES string of the molecule is CNc1nnc(S[C@@H](C)C(=O)Nc2ccc(Cc3nc4ccccc4s3)cc2)s1. The maximum Gasteiger partial charge on any atom is 0.237 e. The van der Waals surface area contributed by atoms with E-state index in [1.165, 1.54) is 27.8 Å². The van der Waals surface area contributed by atoms with Gasteiger partial charge in [0.15, 0.2) is 4.34 Å². The summed E-state index contributed by atoms with van der Waals surface area (Å²) >= 11 is 4.55. The highest BCUT2D eigenvalue weighted by molar-refractivity contribution is 8.02. The molecular weight excluding hydrogens is 422 g/mol. The Morgan fingerprint density at radius 3 is 2.62 bits per heavy atom. The van der Waals surface area contributed by atoms with Crippen LogP contribution in [0.1, 0.15) is 17.5 Å². The Morgan fingerprint density at radius 1 is 1.10 bits per heavy atom. The molecule has 1 amide bonds. The molecule has 6 nitrogen and oxygen atoms in total. The fourth-order valence-corrected chi connectivity index (χ4v) is 5.53. The standard InChI is InChI=1S/C20H19N5OS3/c1-12(27-20-25-24-19(21-2)29-20)18(26)22-14-9-7-13(8-10-14)11-17-23-15-5-3-4-6-16(15)28-17/h3-10,12H,11H2,1-2H3,(H,21,24)(H,22,26)/t12-/m0/s1. The second kappa shape index (κ2) is 8.89. The number of hydrogen-bond acceptors (Lipinski definition) is 8. The van der Waals surface area contributed by atoms with E-state index in [0.717, 1.165) is 37.7 Å². The van der Waals surface area contributed by atoms with Gasteiger partial charge in [0.2, 0.25) is 11.0 Å².